The van der Waals surface area contributed by atoms with E-state index in [0.717, 1.165) is 62.9 Å². The Balaban J connectivity index is 1.07. The second-order valence-electron chi connectivity index (χ2n) is 10.2. The zero-order valence-electron chi connectivity index (χ0n) is 19.8. The van der Waals surface area contributed by atoms with Crippen LogP contribution in [0.1, 0.15) is 57.1 Å². The van der Waals surface area contributed by atoms with Gasteiger partial charge < -0.3 is 24.8 Å². The number of aromatic nitrogens is 5. The van der Waals surface area contributed by atoms with Gasteiger partial charge in [-0.3, -0.25) is 5.10 Å². The van der Waals surface area contributed by atoms with Gasteiger partial charge in [-0.25, -0.2) is 14.3 Å². The molecule has 4 heterocycles. The molecule has 0 spiro atoms. The van der Waals surface area contributed by atoms with Crippen LogP contribution in [0.3, 0.4) is 0 Å². The van der Waals surface area contributed by atoms with Gasteiger partial charge in [0.25, 0.3) is 0 Å². The molecule has 3 atom stereocenters. The van der Waals surface area contributed by atoms with Crippen LogP contribution < -0.4 is 15.4 Å². The van der Waals surface area contributed by atoms with Gasteiger partial charge in [-0.2, -0.15) is 5.10 Å². The minimum absolute atomic E-state index is 0.0662. The van der Waals surface area contributed by atoms with E-state index in [-0.39, 0.29) is 23.7 Å². The quantitative estimate of drug-likeness (QED) is 0.446. The fourth-order valence-corrected chi connectivity index (χ4v) is 4.78. The highest BCUT2D eigenvalue weighted by atomic mass is 16.6. The molecule has 11 nitrogen and oxygen atoms in total. The number of anilines is 2. The van der Waals surface area contributed by atoms with Gasteiger partial charge in [-0.1, -0.05) is 0 Å². The molecule has 1 aliphatic heterocycles. The number of hydrogen-bond donors (Lipinski definition) is 3. The topological polar surface area (TPSA) is 128 Å². The molecule has 3 N–H and O–H groups in total. The molecule has 1 amide bonds. The molecule has 0 bridgehead atoms. The van der Waals surface area contributed by atoms with E-state index < -0.39 is 0 Å². The van der Waals surface area contributed by atoms with Crippen LogP contribution in [0.25, 0.3) is 5.52 Å². The normalized spacial score (nSPS) is 25.0. The van der Waals surface area contributed by atoms with Crippen molar-refractivity contribution in [3.8, 4) is 5.88 Å². The summed E-state index contributed by atoms with van der Waals surface area (Å²) in [7, 11) is 0. The molecule has 0 aromatic carbocycles. The van der Waals surface area contributed by atoms with E-state index in [9.17, 15) is 4.79 Å². The molecule has 3 aromatic heterocycles. The first-order valence-corrected chi connectivity index (χ1v) is 12.4. The van der Waals surface area contributed by atoms with Crippen molar-refractivity contribution in [1.82, 2.24) is 30.1 Å². The van der Waals surface area contributed by atoms with Crippen molar-refractivity contribution in [2.45, 2.75) is 63.0 Å². The molecule has 0 radical (unpaired) electrons. The second-order valence-corrected chi connectivity index (χ2v) is 10.2. The molecular formula is C24H31N7O4. The van der Waals surface area contributed by atoms with E-state index in [1.807, 2.05) is 19.1 Å². The Bertz CT molecular complexity index is 1200. The number of H-pyrrole nitrogens is 1. The summed E-state index contributed by atoms with van der Waals surface area (Å²) >= 11 is 0. The number of aromatic amines is 1. The van der Waals surface area contributed by atoms with Crippen molar-refractivity contribution >= 4 is 23.2 Å². The van der Waals surface area contributed by atoms with Crippen LogP contribution in [0, 0.1) is 5.92 Å². The maximum absolute atomic E-state index is 12.1. The highest BCUT2D eigenvalue weighted by Gasteiger charge is 2.40. The van der Waals surface area contributed by atoms with E-state index in [2.05, 4.69) is 30.9 Å². The average molecular weight is 482 g/mol. The van der Waals surface area contributed by atoms with Gasteiger partial charge >= 0.3 is 6.09 Å². The summed E-state index contributed by atoms with van der Waals surface area (Å²) < 4.78 is 18.7. The van der Waals surface area contributed by atoms with Crippen LogP contribution in [-0.4, -0.2) is 62.4 Å². The Morgan fingerprint density at radius 3 is 3.06 bits per heavy atom. The van der Waals surface area contributed by atoms with Crippen molar-refractivity contribution in [1.29, 1.82) is 0 Å². The summed E-state index contributed by atoms with van der Waals surface area (Å²) in [4.78, 5) is 16.6. The van der Waals surface area contributed by atoms with Gasteiger partial charge in [-0.15, -0.1) is 5.10 Å². The molecular weight excluding hydrogens is 450 g/mol. The SMILES string of the molecule is CC1(NC(=O)OC2CCC(c3cc(Nc4nccn5nc(OCC6CCOC6)cc45)n[nH]3)C2)CC1. The maximum atomic E-state index is 12.1. The van der Waals surface area contributed by atoms with Crippen molar-refractivity contribution in [3.05, 3.63) is 30.2 Å². The Kier molecular flexibility index (Phi) is 5.71. The summed E-state index contributed by atoms with van der Waals surface area (Å²) in [6.07, 6.45) is 8.75. The van der Waals surface area contributed by atoms with E-state index in [0.29, 0.717) is 30.0 Å². The van der Waals surface area contributed by atoms with Crippen LogP contribution in [0.4, 0.5) is 16.4 Å². The van der Waals surface area contributed by atoms with Gasteiger partial charge in [0.2, 0.25) is 5.88 Å². The fraction of sp³-hybridized carbons (Fsp3) is 0.583. The van der Waals surface area contributed by atoms with Gasteiger partial charge in [0, 0.05) is 54.2 Å². The Labute approximate surface area is 202 Å². The zero-order valence-corrected chi connectivity index (χ0v) is 19.8. The van der Waals surface area contributed by atoms with Crippen LogP contribution in [0.15, 0.2) is 24.5 Å². The number of hydrogen-bond acceptors (Lipinski definition) is 8. The molecule has 6 rings (SSSR count). The Morgan fingerprint density at radius 1 is 1.31 bits per heavy atom. The van der Waals surface area contributed by atoms with Gasteiger partial charge in [0.05, 0.1) is 13.2 Å². The molecule has 3 fully saturated rings. The molecule has 1 saturated heterocycles. The lowest BCUT2D eigenvalue weighted by molar-refractivity contribution is 0.0967. The number of nitrogens with zero attached hydrogens (tertiary/aromatic N) is 4. The van der Waals surface area contributed by atoms with Crippen LogP contribution >= 0.6 is 0 Å². The van der Waals surface area contributed by atoms with Gasteiger partial charge in [-0.05, 0) is 45.4 Å². The first kappa shape index (κ1) is 22.1. The summed E-state index contributed by atoms with van der Waals surface area (Å²) in [5.41, 5.74) is 1.76. The van der Waals surface area contributed by atoms with Crippen molar-refractivity contribution in [3.63, 3.8) is 0 Å². The van der Waals surface area contributed by atoms with E-state index in [4.69, 9.17) is 14.2 Å². The largest absolute Gasteiger partial charge is 0.476 e. The first-order chi connectivity index (χ1) is 17.0. The van der Waals surface area contributed by atoms with Crippen molar-refractivity contribution in [2.75, 3.05) is 25.1 Å². The van der Waals surface area contributed by atoms with E-state index in [1.165, 1.54) is 0 Å². The predicted octanol–water partition coefficient (Wildman–Crippen LogP) is 3.53. The third-order valence-corrected chi connectivity index (χ3v) is 7.20. The lowest BCUT2D eigenvalue weighted by Crippen LogP contribution is -2.36. The Morgan fingerprint density at radius 2 is 2.23 bits per heavy atom. The van der Waals surface area contributed by atoms with Crippen LogP contribution in [-0.2, 0) is 9.47 Å². The lowest BCUT2D eigenvalue weighted by atomic mass is 10.0. The third kappa shape index (κ3) is 5.04. The number of alkyl carbamates (subject to hydrolysis) is 1. The van der Waals surface area contributed by atoms with Crippen LogP contribution in [0.2, 0.25) is 0 Å². The zero-order chi connectivity index (χ0) is 23.8. The van der Waals surface area contributed by atoms with E-state index in [1.54, 1.807) is 16.9 Å². The number of ether oxygens (including phenoxy) is 3. The number of carbonyl (C=O) groups is 1. The number of nitrogens with one attached hydrogen (secondary N) is 3. The number of fused-ring (bicyclic) bond motifs is 1. The monoisotopic (exact) mass is 481 g/mol. The molecule has 11 heteroatoms. The smallest absolute Gasteiger partial charge is 0.407 e. The number of carbonyl (C=O) groups excluding carboxylic acids is 1. The molecule has 186 valence electrons. The van der Waals surface area contributed by atoms with E-state index >= 15 is 0 Å². The van der Waals surface area contributed by atoms with Crippen LogP contribution in [0.5, 0.6) is 5.88 Å². The molecule has 2 aliphatic carbocycles. The summed E-state index contributed by atoms with van der Waals surface area (Å²) in [5.74, 6) is 2.57. The predicted molar refractivity (Wildman–Crippen MR) is 127 cm³/mol. The van der Waals surface area contributed by atoms with Crippen molar-refractivity contribution in [2.24, 2.45) is 5.92 Å². The number of rotatable bonds is 8. The molecule has 35 heavy (non-hydrogen) atoms. The highest BCUT2D eigenvalue weighted by molar-refractivity contribution is 5.73. The lowest BCUT2D eigenvalue weighted by Gasteiger charge is -2.16. The van der Waals surface area contributed by atoms with Gasteiger partial charge in [0.15, 0.2) is 11.6 Å². The van der Waals surface area contributed by atoms with Gasteiger partial charge in [0.1, 0.15) is 11.6 Å². The second kappa shape index (κ2) is 9.03. The average Bonchev–Trinajstić information content (AvgIpc) is 3.41. The van der Waals surface area contributed by atoms with Crippen molar-refractivity contribution < 1.29 is 19.0 Å². The Hall–Kier alpha value is -3.34. The maximum Gasteiger partial charge on any atom is 0.407 e. The summed E-state index contributed by atoms with van der Waals surface area (Å²) in [6.45, 7) is 4.18. The molecule has 2 saturated carbocycles. The minimum atomic E-state index is -0.303. The highest BCUT2D eigenvalue weighted by Crippen LogP contribution is 2.37. The molecule has 3 aliphatic rings. The third-order valence-electron chi connectivity index (χ3n) is 7.20. The summed E-state index contributed by atoms with van der Waals surface area (Å²) in [6, 6.07) is 3.88. The molecule has 3 aromatic rings. The fourth-order valence-electron chi connectivity index (χ4n) is 4.78. The standard InChI is InChI=1S/C24H31N7O4/c1-24(5-6-24)27-23(32)35-17-3-2-16(10-17)18-11-20(29-28-18)26-22-19-12-21(30-31(19)8-7-25-22)34-14-15-4-9-33-13-15/h7-8,11-12,15-17H,2-6,9-10,13-14H2,1H3,(H,27,32)(H2,25,26,28,29). The number of amides is 1. The summed E-state index contributed by atoms with van der Waals surface area (Å²) in [5, 5.41) is 18.3. The molecule has 3 unspecified atom stereocenters. The first-order valence-electron chi connectivity index (χ1n) is 12.4. The minimum Gasteiger partial charge on any atom is -0.476 e.